The summed E-state index contributed by atoms with van der Waals surface area (Å²) in [5.74, 6) is -1.23. The van der Waals surface area contributed by atoms with E-state index in [4.69, 9.17) is 0 Å². The van der Waals surface area contributed by atoms with Crippen LogP contribution < -0.4 is 15.4 Å². The molecule has 0 spiro atoms. The lowest BCUT2D eigenvalue weighted by atomic mass is 9.80. The lowest BCUT2D eigenvalue weighted by Crippen LogP contribution is -2.48. The highest BCUT2D eigenvalue weighted by Crippen LogP contribution is 2.31. The Morgan fingerprint density at radius 2 is 2.14 bits per heavy atom. The zero-order chi connectivity index (χ0) is 15.5. The molecule has 0 unspecified atom stereocenters. The number of nitrogens with one attached hydrogen (secondary N) is 2. The largest absolute Gasteiger partial charge is 0.432 e. The highest BCUT2D eigenvalue weighted by molar-refractivity contribution is 5.90. The van der Waals surface area contributed by atoms with Crippen molar-refractivity contribution in [1.29, 1.82) is 0 Å². The smallest absolute Gasteiger partial charge is 0.387 e. The quantitative estimate of drug-likeness (QED) is 0.782. The Balaban J connectivity index is 1.96. The van der Waals surface area contributed by atoms with Crippen molar-refractivity contribution in [3.05, 3.63) is 24.0 Å². The van der Waals surface area contributed by atoms with E-state index in [1.807, 2.05) is 0 Å². The van der Waals surface area contributed by atoms with Gasteiger partial charge in [-0.25, -0.2) is 9.18 Å². The molecule has 1 aliphatic carbocycles. The number of halogens is 3. The molecule has 0 saturated heterocycles. The van der Waals surface area contributed by atoms with Crippen molar-refractivity contribution in [2.45, 2.75) is 31.5 Å². The molecule has 5 nitrogen and oxygen atoms in total. The number of hydrogen-bond acceptors (Lipinski definition) is 3. The van der Waals surface area contributed by atoms with Gasteiger partial charge in [0, 0.05) is 12.6 Å². The van der Waals surface area contributed by atoms with Gasteiger partial charge in [0.15, 0.2) is 5.75 Å². The van der Waals surface area contributed by atoms with Gasteiger partial charge in [0.2, 0.25) is 0 Å². The number of carbonyl (C=O) groups is 1. The van der Waals surface area contributed by atoms with E-state index in [0.717, 1.165) is 24.6 Å². The van der Waals surface area contributed by atoms with Crippen molar-refractivity contribution in [1.82, 2.24) is 5.32 Å². The van der Waals surface area contributed by atoms with E-state index in [9.17, 15) is 23.1 Å². The molecule has 0 bridgehead atoms. The molecule has 0 heterocycles. The predicted octanol–water partition coefficient (Wildman–Crippen LogP) is 2.46. The van der Waals surface area contributed by atoms with Crippen LogP contribution in [0, 0.1) is 5.82 Å². The van der Waals surface area contributed by atoms with Crippen molar-refractivity contribution in [2.24, 2.45) is 0 Å². The summed E-state index contributed by atoms with van der Waals surface area (Å²) in [5.41, 5.74) is -0.989. The molecule has 1 aromatic rings. The first-order chi connectivity index (χ1) is 9.88. The van der Waals surface area contributed by atoms with Crippen LogP contribution in [-0.2, 0) is 0 Å². The number of ether oxygens (including phenoxy) is 1. The Morgan fingerprint density at radius 3 is 2.71 bits per heavy atom. The number of benzene rings is 1. The molecule has 1 aromatic carbocycles. The Morgan fingerprint density at radius 1 is 1.43 bits per heavy atom. The normalized spacial score (nSPS) is 16.2. The van der Waals surface area contributed by atoms with Crippen LogP contribution in [0.25, 0.3) is 0 Å². The van der Waals surface area contributed by atoms with E-state index in [2.05, 4.69) is 15.4 Å². The molecular formula is C13H15F3N2O3. The number of amides is 2. The standard InChI is InChI=1S/C13H15F3N2O3/c14-8-2-3-9(10(6-8)21-11(15)16)18-12(19)17-7-13(20)4-1-5-13/h2-3,6,11,20H,1,4-5,7H2,(H2,17,18,19). The molecule has 0 atom stereocenters. The average molecular weight is 304 g/mol. The summed E-state index contributed by atoms with van der Waals surface area (Å²) in [5, 5.41) is 14.5. The molecule has 2 amide bonds. The fourth-order valence-electron chi connectivity index (χ4n) is 1.97. The van der Waals surface area contributed by atoms with Crippen LogP contribution in [0.1, 0.15) is 19.3 Å². The molecule has 0 radical (unpaired) electrons. The van der Waals surface area contributed by atoms with E-state index in [1.54, 1.807) is 0 Å². The van der Waals surface area contributed by atoms with Gasteiger partial charge in [-0.3, -0.25) is 0 Å². The topological polar surface area (TPSA) is 70.6 Å². The summed E-state index contributed by atoms with van der Waals surface area (Å²) in [4.78, 5) is 11.7. The van der Waals surface area contributed by atoms with Crippen LogP contribution in [0.5, 0.6) is 5.75 Å². The molecule has 0 aromatic heterocycles. The van der Waals surface area contributed by atoms with Gasteiger partial charge in [0.1, 0.15) is 5.82 Å². The third-order valence-corrected chi connectivity index (χ3v) is 3.27. The number of aliphatic hydroxyl groups is 1. The second-order valence-electron chi connectivity index (χ2n) is 4.90. The van der Waals surface area contributed by atoms with Crippen LogP contribution in [-0.4, -0.2) is 29.9 Å². The van der Waals surface area contributed by atoms with Crippen molar-refractivity contribution >= 4 is 11.7 Å². The lowest BCUT2D eigenvalue weighted by Gasteiger charge is -2.36. The SMILES string of the molecule is O=C(NCC1(O)CCC1)Nc1ccc(F)cc1OC(F)F. The highest BCUT2D eigenvalue weighted by Gasteiger charge is 2.34. The minimum absolute atomic E-state index is 0.0606. The van der Waals surface area contributed by atoms with Crippen molar-refractivity contribution in [3.63, 3.8) is 0 Å². The lowest BCUT2D eigenvalue weighted by molar-refractivity contribution is -0.0495. The van der Waals surface area contributed by atoms with Gasteiger partial charge in [-0.15, -0.1) is 0 Å². The summed E-state index contributed by atoms with van der Waals surface area (Å²) < 4.78 is 41.6. The van der Waals surface area contributed by atoms with Crippen molar-refractivity contribution in [3.8, 4) is 5.75 Å². The summed E-state index contributed by atoms with van der Waals surface area (Å²) in [6.07, 6.45) is 2.09. The van der Waals surface area contributed by atoms with Crippen LogP contribution in [0.3, 0.4) is 0 Å². The van der Waals surface area contributed by atoms with Crippen LogP contribution >= 0.6 is 0 Å². The number of rotatable bonds is 5. The minimum atomic E-state index is -3.13. The Hall–Kier alpha value is -1.96. The van der Waals surface area contributed by atoms with Crippen molar-refractivity contribution in [2.75, 3.05) is 11.9 Å². The van der Waals surface area contributed by atoms with Crippen LogP contribution in [0.2, 0.25) is 0 Å². The average Bonchev–Trinajstić information content (AvgIpc) is 2.37. The maximum absolute atomic E-state index is 13.0. The number of carbonyl (C=O) groups excluding carboxylic acids is 1. The van der Waals surface area contributed by atoms with E-state index in [-0.39, 0.29) is 12.2 Å². The van der Waals surface area contributed by atoms with Crippen LogP contribution in [0.15, 0.2) is 18.2 Å². The summed E-state index contributed by atoms with van der Waals surface area (Å²) in [6.45, 7) is -3.07. The van der Waals surface area contributed by atoms with Crippen LogP contribution in [0.4, 0.5) is 23.7 Å². The highest BCUT2D eigenvalue weighted by atomic mass is 19.3. The number of urea groups is 1. The van der Waals surface area contributed by atoms with Gasteiger partial charge >= 0.3 is 12.6 Å². The first-order valence-corrected chi connectivity index (χ1v) is 6.40. The zero-order valence-corrected chi connectivity index (χ0v) is 11.0. The molecule has 116 valence electrons. The van der Waals surface area contributed by atoms with Crippen molar-refractivity contribution < 1.29 is 27.8 Å². The fraction of sp³-hybridized carbons (Fsp3) is 0.462. The Labute approximate surface area is 119 Å². The monoisotopic (exact) mass is 304 g/mol. The van der Waals surface area contributed by atoms with Gasteiger partial charge in [-0.2, -0.15) is 8.78 Å². The summed E-state index contributed by atoms with van der Waals surface area (Å²) >= 11 is 0. The molecule has 21 heavy (non-hydrogen) atoms. The summed E-state index contributed by atoms with van der Waals surface area (Å²) in [6, 6.07) is 2.18. The van der Waals surface area contributed by atoms with E-state index < -0.39 is 29.8 Å². The first-order valence-electron chi connectivity index (χ1n) is 6.40. The maximum atomic E-state index is 13.0. The molecule has 0 aliphatic heterocycles. The van der Waals surface area contributed by atoms with E-state index in [0.29, 0.717) is 12.8 Å². The third kappa shape index (κ3) is 4.25. The van der Waals surface area contributed by atoms with E-state index >= 15 is 0 Å². The second-order valence-corrected chi connectivity index (χ2v) is 4.90. The van der Waals surface area contributed by atoms with Gasteiger partial charge in [-0.05, 0) is 31.4 Å². The predicted molar refractivity (Wildman–Crippen MR) is 68.9 cm³/mol. The number of hydrogen-bond donors (Lipinski definition) is 3. The van der Waals surface area contributed by atoms with Gasteiger partial charge in [-0.1, -0.05) is 0 Å². The fourth-order valence-corrected chi connectivity index (χ4v) is 1.97. The molecule has 1 fully saturated rings. The van der Waals surface area contributed by atoms with Gasteiger partial charge < -0.3 is 20.5 Å². The summed E-state index contributed by atoms with van der Waals surface area (Å²) in [7, 11) is 0. The maximum Gasteiger partial charge on any atom is 0.387 e. The van der Waals surface area contributed by atoms with Gasteiger partial charge in [0.25, 0.3) is 0 Å². The first kappa shape index (κ1) is 15.4. The van der Waals surface area contributed by atoms with Gasteiger partial charge in [0.05, 0.1) is 11.3 Å². The molecule has 1 saturated carbocycles. The Bertz CT molecular complexity index is 521. The zero-order valence-electron chi connectivity index (χ0n) is 11.0. The molecule has 1 aliphatic rings. The molecule has 3 N–H and O–H groups in total. The molecular weight excluding hydrogens is 289 g/mol. The third-order valence-electron chi connectivity index (χ3n) is 3.27. The second kappa shape index (κ2) is 6.21. The number of anilines is 1. The Kier molecular flexibility index (Phi) is 4.56. The molecule has 8 heteroatoms. The minimum Gasteiger partial charge on any atom is -0.432 e. The van der Waals surface area contributed by atoms with E-state index in [1.165, 1.54) is 0 Å². The number of alkyl halides is 2. The molecule has 2 rings (SSSR count).